The van der Waals surface area contributed by atoms with E-state index in [2.05, 4.69) is 48.0 Å². The van der Waals surface area contributed by atoms with Gasteiger partial charge in [0.25, 0.3) is 0 Å². The zero-order valence-electron chi connectivity index (χ0n) is 9.43. The van der Waals surface area contributed by atoms with Gasteiger partial charge in [0.05, 0.1) is 13.5 Å². The van der Waals surface area contributed by atoms with Crippen molar-refractivity contribution < 1.29 is 0 Å². The van der Waals surface area contributed by atoms with E-state index in [1.54, 1.807) is 0 Å². The van der Waals surface area contributed by atoms with E-state index in [1.165, 1.54) is 28.0 Å². The molecule has 0 radical (unpaired) electrons. The number of alkyl halides is 1. The Balaban J connectivity index is 2.46. The highest BCUT2D eigenvalue weighted by molar-refractivity contribution is 9.09. The van der Waals surface area contributed by atoms with E-state index >= 15 is 0 Å². The molecule has 0 bridgehead atoms. The minimum atomic E-state index is 0.0960. The van der Waals surface area contributed by atoms with Crippen LogP contribution in [0.4, 0.5) is 0 Å². The summed E-state index contributed by atoms with van der Waals surface area (Å²) < 4.78 is 1.47. The topological polar surface area (TPSA) is 0 Å². The lowest BCUT2D eigenvalue weighted by molar-refractivity contribution is 1.14. The Morgan fingerprint density at radius 2 is 1.82 bits per heavy atom. The molecule has 1 aromatic heterocycles. The van der Waals surface area contributed by atoms with Crippen molar-refractivity contribution in [3.8, 4) is 0 Å². The van der Waals surface area contributed by atoms with E-state index in [0.717, 1.165) is 14.2 Å². The van der Waals surface area contributed by atoms with Gasteiger partial charge in [-0.3, -0.25) is 0 Å². The lowest BCUT2D eigenvalue weighted by Crippen LogP contribution is -1.95. The standard InChI is InChI=1S/C13H11BrCl2S/c1-7-3-4-8(2)9(5-7)12(14)10-6-11(15)17-13(10)16/h3-6,12H,1-2H3. The van der Waals surface area contributed by atoms with Crippen LogP contribution in [0, 0.1) is 13.8 Å². The molecule has 0 spiro atoms. The molecule has 1 unspecified atom stereocenters. The van der Waals surface area contributed by atoms with Crippen molar-refractivity contribution in [2.24, 2.45) is 0 Å². The zero-order chi connectivity index (χ0) is 12.6. The Bertz CT molecular complexity index is 548. The molecule has 0 saturated heterocycles. The number of halogens is 3. The summed E-state index contributed by atoms with van der Waals surface area (Å²) in [5, 5.41) is 0. The van der Waals surface area contributed by atoms with E-state index < -0.39 is 0 Å². The van der Waals surface area contributed by atoms with E-state index in [1.807, 2.05) is 6.07 Å². The van der Waals surface area contributed by atoms with Crippen LogP contribution in [0.5, 0.6) is 0 Å². The maximum atomic E-state index is 6.19. The van der Waals surface area contributed by atoms with E-state index in [0.29, 0.717) is 0 Å². The van der Waals surface area contributed by atoms with Gasteiger partial charge in [-0.05, 0) is 31.0 Å². The first-order chi connectivity index (χ1) is 7.99. The van der Waals surface area contributed by atoms with Gasteiger partial charge >= 0.3 is 0 Å². The summed E-state index contributed by atoms with van der Waals surface area (Å²) in [4.78, 5) is 0.0960. The smallest absolute Gasteiger partial charge is 0.0990 e. The molecule has 0 nitrogen and oxygen atoms in total. The lowest BCUT2D eigenvalue weighted by atomic mass is 10.00. The second-order valence-electron chi connectivity index (χ2n) is 4.00. The van der Waals surface area contributed by atoms with Crippen LogP contribution < -0.4 is 0 Å². The summed E-state index contributed by atoms with van der Waals surface area (Å²) in [6.45, 7) is 4.19. The van der Waals surface area contributed by atoms with E-state index in [-0.39, 0.29) is 4.83 Å². The molecular weight excluding hydrogens is 339 g/mol. The van der Waals surface area contributed by atoms with Gasteiger partial charge in [0.15, 0.2) is 0 Å². The Labute approximate surface area is 124 Å². The molecule has 90 valence electrons. The maximum absolute atomic E-state index is 6.19. The van der Waals surface area contributed by atoms with Crippen LogP contribution in [0.25, 0.3) is 0 Å². The molecule has 4 heteroatoms. The van der Waals surface area contributed by atoms with Crippen LogP contribution in [0.3, 0.4) is 0 Å². The molecule has 0 N–H and O–H groups in total. The summed E-state index contributed by atoms with van der Waals surface area (Å²) in [5.41, 5.74) is 4.76. The largest absolute Gasteiger partial charge is 0.111 e. The quantitative estimate of drug-likeness (QED) is 0.570. The van der Waals surface area contributed by atoms with Gasteiger partial charge in [-0.1, -0.05) is 62.9 Å². The van der Waals surface area contributed by atoms with Crippen molar-refractivity contribution in [3.63, 3.8) is 0 Å². The second-order valence-corrected chi connectivity index (χ2v) is 7.20. The van der Waals surface area contributed by atoms with Crippen molar-refractivity contribution in [1.82, 2.24) is 0 Å². The van der Waals surface area contributed by atoms with Crippen molar-refractivity contribution in [1.29, 1.82) is 0 Å². The third-order valence-electron chi connectivity index (χ3n) is 2.66. The minimum absolute atomic E-state index is 0.0960. The molecule has 0 amide bonds. The molecule has 1 heterocycles. The normalized spacial score (nSPS) is 12.8. The zero-order valence-corrected chi connectivity index (χ0v) is 13.3. The summed E-state index contributed by atoms with van der Waals surface area (Å²) in [6.07, 6.45) is 0. The number of hydrogen-bond acceptors (Lipinski definition) is 1. The molecule has 0 fully saturated rings. The summed E-state index contributed by atoms with van der Waals surface area (Å²) in [5.74, 6) is 0. The van der Waals surface area contributed by atoms with Crippen LogP contribution in [0.2, 0.25) is 8.67 Å². The van der Waals surface area contributed by atoms with Gasteiger partial charge in [0.2, 0.25) is 0 Å². The van der Waals surface area contributed by atoms with Crippen LogP contribution in [-0.2, 0) is 0 Å². The highest BCUT2D eigenvalue weighted by Gasteiger charge is 2.18. The van der Waals surface area contributed by atoms with Crippen LogP contribution in [0.1, 0.15) is 27.1 Å². The van der Waals surface area contributed by atoms with Crippen molar-refractivity contribution >= 4 is 50.5 Å². The fourth-order valence-electron chi connectivity index (χ4n) is 1.73. The van der Waals surface area contributed by atoms with E-state index in [4.69, 9.17) is 23.2 Å². The highest BCUT2D eigenvalue weighted by atomic mass is 79.9. The Hall–Kier alpha value is -0.0200. The maximum Gasteiger partial charge on any atom is 0.0990 e. The molecular formula is C13H11BrCl2S. The van der Waals surface area contributed by atoms with Crippen molar-refractivity contribution in [2.75, 3.05) is 0 Å². The molecule has 0 aliphatic rings. The average molecular weight is 350 g/mol. The first kappa shape index (κ1) is 13.4. The van der Waals surface area contributed by atoms with Crippen LogP contribution in [0.15, 0.2) is 24.3 Å². The Morgan fingerprint density at radius 1 is 1.12 bits per heavy atom. The lowest BCUT2D eigenvalue weighted by Gasteiger charge is -2.13. The predicted octanol–water partition coefficient (Wildman–Crippen LogP) is 6.16. The first-order valence-electron chi connectivity index (χ1n) is 5.15. The molecule has 2 aromatic rings. The van der Waals surface area contributed by atoms with E-state index in [9.17, 15) is 0 Å². The fourth-order valence-corrected chi connectivity index (χ4v) is 4.40. The predicted molar refractivity (Wildman–Crippen MR) is 81.0 cm³/mol. The number of rotatable bonds is 2. The molecule has 1 atom stereocenters. The molecule has 0 aliphatic carbocycles. The molecule has 0 aliphatic heterocycles. The van der Waals surface area contributed by atoms with Gasteiger partial charge in [-0.2, -0.15) is 0 Å². The highest BCUT2D eigenvalue weighted by Crippen LogP contribution is 2.42. The summed E-state index contributed by atoms with van der Waals surface area (Å²) >= 11 is 17.3. The first-order valence-corrected chi connectivity index (χ1v) is 7.64. The second kappa shape index (κ2) is 5.31. The molecule has 1 aromatic carbocycles. The van der Waals surface area contributed by atoms with Crippen molar-refractivity contribution in [3.05, 3.63) is 55.2 Å². The Morgan fingerprint density at radius 3 is 2.41 bits per heavy atom. The third kappa shape index (κ3) is 2.87. The van der Waals surface area contributed by atoms with Crippen molar-refractivity contribution in [2.45, 2.75) is 18.7 Å². The van der Waals surface area contributed by atoms with Crippen LogP contribution >= 0.6 is 50.5 Å². The average Bonchev–Trinajstić information content (AvgIpc) is 2.60. The summed E-state index contributed by atoms with van der Waals surface area (Å²) in [7, 11) is 0. The van der Waals surface area contributed by atoms with Gasteiger partial charge in [0.1, 0.15) is 0 Å². The van der Waals surface area contributed by atoms with Gasteiger partial charge < -0.3 is 0 Å². The van der Waals surface area contributed by atoms with Crippen LogP contribution in [-0.4, -0.2) is 0 Å². The van der Waals surface area contributed by atoms with Gasteiger partial charge in [0, 0.05) is 5.56 Å². The molecule has 17 heavy (non-hydrogen) atoms. The molecule has 0 saturated carbocycles. The summed E-state index contributed by atoms with van der Waals surface area (Å²) in [6, 6.07) is 8.34. The SMILES string of the molecule is Cc1ccc(C)c(C(Br)c2cc(Cl)sc2Cl)c1. The third-order valence-corrected chi connectivity index (χ3v) is 5.17. The monoisotopic (exact) mass is 348 g/mol. The number of thiophene rings is 1. The molecule has 2 rings (SSSR count). The number of benzene rings is 1. The Kier molecular flexibility index (Phi) is 4.19. The van der Waals surface area contributed by atoms with Gasteiger partial charge in [-0.15, -0.1) is 11.3 Å². The number of hydrogen-bond donors (Lipinski definition) is 0. The fraction of sp³-hybridized carbons (Fsp3) is 0.231. The minimum Gasteiger partial charge on any atom is -0.111 e. The number of aryl methyl sites for hydroxylation is 2. The van der Waals surface area contributed by atoms with Gasteiger partial charge in [-0.25, -0.2) is 0 Å².